The van der Waals surface area contributed by atoms with Crippen LogP contribution < -0.4 is 9.73 Å². The van der Waals surface area contributed by atoms with E-state index in [-0.39, 0.29) is 0 Å². The van der Waals surface area contributed by atoms with Crippen LogP contribution in [0.2, 0.25) is 5.02 Å². The van der Waals surface area contributed by atoms with Crippen LogP contribution in [-0.4, -0.2) is 32.8 Å². The molecule has 2 rings (SSSR count). The average Bonchev–Trinajstić information content (AvgIpc) is 2.59. The number of amides is 1. The fraction of sp³-hybridized carbons (Fsp3) is 0.263. The van der Waals surface area contributed by atoms with Crippen LogP contribution in [0.4, 0.5) is 5.69 Å². The lowest BCUT2D eigenvalue weighted by atomic mass is 10.1. The topological polar surface area (TPSA) is 78.8 Å². The fourth-order valence-electron chi connectivity index (χ4n) is 2.40. The number of nitrogens with one attached hydrogen (secondary N) is 1. The molecule has 6 nitrogen and oxygen atoms in total. The van der Waals surface area contributed by atoms with Crippen LogP contribution in [0, 0.1) is 13.8 Å². The van der Waals surface area contributed by atoms with Crippen LogP contribution in [0.1, 0.15) is 23.6 Å². The van der Waals surface area contributed by atoms with Crippen LogP contribution >= 0.6 is 11.6 Å². The molecule has 0 aliphatic heterocycles. The third kappa shape index (κ3) is 5.80. The van der Waals surface area contributed by atoms with E-state index < -0.39 is 22.5 Å². The summed E-state index contributed by atoms with van der Waals surface area (Å²) in [6, 6.07) is 12.6. The first-order valence-corrected chi connectivity index (χ1v) is 10.4. The maximum atomic E-state index is 12.3. The van der Waals surface area contributed by atoms with Gasteiger partial charge in [-0.3, -0.25) is 9.10 Å². The third-order valence-electron chi connectivity index (χ3n) is 3.95. The number of hydrogen-bond donors (Lipinski definition) is 1. The first-order chi connectivity index (χ1) is 12.6. The molecular weight excluding hydrogens is 386 g/mol. The van der Waals surface area contributed by atoms with Crippen LogP contribution in [0.15, 0.2) is 47.6 Å². The number of aryl methyl sites for hydroxylation is 2. The maximum absolute atomic E-state index is 12.3. The summed E-state index contributed by atoms with van der Waals surface area (Å²) in [5.41, 5.74) is 6.07. The van der Waals surface area contributed by atoms with E-state index in [2.05, 4.69) is 10.5 Å². The Balaban J connectivity index is 2.18. The summed E-state index contributed by atoms with van der Waals surface area (Å²) in [5.74, 6) is -0.550. The van der Waals surface area contributed by atoms with Crippen molar-refractivity contribution in [1.82, 2.24) is 5.43 Å². The zero-order valence-corrected chi connectivity index (χ0v) is 17.2. The average molecular weight is 408 g/mol. The standard InChI is InChI=1S/C19H22ClN3O3S/c1-13-5-8-16(9-6-13)15(3)21-22-19(24)12-23(27(4,25)26)18-11-17(20)10-7-14(18)2/h5-11H,12H2,1-4H3,(H,22,24)/b21-15-. The highest BCUT2D eigenvalue weighted by Gasteiger charge is 2.22. The molecule has 2 aromatic carbocycles. The SMILES string of the molecule is C/C(=N/NC(=O)CN(c1cc(Cl)ccc1C)S(C)(=O)=O)c1ccc(C)cc1. The Morgan fingerprint density at radius 1 is 1.15 bits per heavy atom. The maximum Gasteiger partial charge on any atom is 0.260 e. The Labute approximate surface area is 164 Å². The summed E-state index contributed by atoms with van der Waals surface area (Å²) in [6.45, 7) is 5.10. The van der Waals surface area contributed by atoms with Crippen molar-refractivity contribution < 1.29 is 13.2 Å². The van der Waals surface area contributed by atoms with Crippen molar-refractivity contribution in [2.24, 2.45) is 5.10 Å². The molecule has 0 aliphatic carbocycles. The van der Waals surface area contributed by atoms with Gasteiger partial charge >= 0.3 is 0 Å². The predicted molar refractivity (Wildman–Crippen MR) is 110 cm³/mol. The molecule has 144 valence electrons. The Hall–Kier alpha value is -2.38. The van der Waals surface area contributed by atoms with Gasteiger partial charge in [0.25, 0.3) is 5.91 Å². The van der Waals surface area contributed by atoms with Crippen molar-refractivity contribution in [2.45, 2.75) is 20.8 Å². The Kier molecular flexibility index (Phi) is 6.62. The molecule has 0 unspecified atom stereocenters. The highest BCUT2D eigenvalue weighted by Crippen LogP contribution is 2.26. The number of carbonyl (C=O) groups excluding carboxylic acids is 1. The van der Waals surface area contributed by atoms with E-state index in [4.69, 9.17) is 11.6 Å². The quantitative estimate of drug-likeness (QED) is 0.589. The first kappa shape index (κ1) is 20.9. The van der Waals surface area contributed by atoms with Crippen molar-refractivity contribution in [3.63, 3.8) is 0 Å². The molecule has 8 heteroatoms. The highest BCUT2D eigenvalue weighted by molar-refractivity contribution is 7.92. The van der Waals surface area contributed by atoms with E-state index in [1.54, 1.807) is 26.0 Å². The lowest BCUT2D eigenvalue weighted by Crippen LogP contribution is -2.39. The van der Waals surface area contributed by atoms with Gasteiger partial charge in [0.1, 0.15) is 6.54 Å². The van der Waals surface area contributed by atoms with Gasteiger partial charge in [0.2, 0.25) is 10.0 Å². The number of anilines is 1. The normalized spacial score (nSPS) is 12.0. The number of hydrazone groups is 1. The van der Waals surface area contributed by atoms with Gasteiger partial charge in [-0.15, -0.1) is 0 Å². The molecule has 0 aliphatic rings. The second-order valence-electron chi connectivity index (χ2n) is 6.30. The fourth-order valence-corrected chi connectivity index (χ4v) is 3.48. The molecule has 0 radical (unpaired) electrons. The predicted octanol–water partition coefficient (Wildman–Crippen LogP) is 3.26. The smallest absolute Gasteiger partial charge is 0.260 e. The summed E-state index contributed by atoms with van der Waals surface area (Å²) in [7, 11) is -3.68. The van der Waals surface area contributed by atoms with E-state index in [1.165, 1.54) is 6.07 Å². The first-order valence-electron chi connectivity index (χ1n) is 8.22. The van der Waals surface area contributed by atoms with Gasteiger partial charge in [-0.2, -0.15) is 5.10 Å². The van der Waals surface area contributed by atoms with Crippen molar-refractivity contribution in [3.05, 3.63) is 64.2 Å². The van der Waals surface area contributed by atoms with E-state index in [0.717, 1.165) is 21.7 Å². The minimum Gasteiger partial charge on any atom is -0.271 e. The second-order valence-corrected chi connectivity index (χ2v) is 8.64. The van der Waals surface area contributed by atoms with Gasteiger partial charge in [0, 0.05) is 5.02 Å². The number of hydrogen-bond acceptors (Lipinski definition) is 4. The van der Waals surface area contributed by atoms with Gasteiger partial charge in [0.05, 0.1) is 17.7 Å². The minimum absolute atomic E-state index is 0.361. The molecule has 0 fully saturated rings. The van der Waals surface area contributed by atoms with E-state index in [9.17, 15) is 13.2 Å². The van der Waals surface area contributed by atoms with Gasteiger partial charge < -0.3 is 0 Å². The molecule has 0 bridgehead atoms. The zero-order valence-electron chi connectivity index (χ0n) is 15.7. The summed E-state index contributed by atoms with van der Waals surface area (Å²) in [6.07, 6.45) is 1.04. The second kappa shape index (κ2) is 8.54. The van der Waals surface area contributed by atoms with Crippen molar-refractivity contribution in [2.75, 3.05) is 17.1 Å². The molecular formula is C19H22ClN3O3S. The van der Waals surface area contributed by atoms with Gasteiger partial charge in [-0.05, 0) is 44.0 Å². The monoisotopic (exact) mass is 407 g/mol. The molecule has 0 aromatic heterocycles. The molecule has 2 aromatic rings. The Morgan fingerprint density at radius 3 is 2.37 bits per heavy atom. The van der Waals surface area contributed by atoms with Crippen molar-refractivity contribution in [1.29, 1.82) is 0 Å². The largest absolute Gasteiger partial charge is 0.271 e. The number of sulfonamides is 1. The lowest BCUT2D eigenvalue weighted by molar-refractivity contribution is -0.119. The van der Waals surface area contributed by atoms with Crippen molar-refractivity contribution >= 4 is 38.9 Å². The molecule has 0 atom stereocenters. The van der Waals surface area contributed by atoms with Crippen molar-refractivity contribution in [3.8, 4) is 0 Å². The summed E-state index contributed by atoms with van der Waals surface area (Å²) in [4.78, 5) is 12.3. The van der Waals surface area contributed by atoms with Crippen LogP contribution in [0.3, 0.4) is 0 Å². The number of benzene rings is 2. The number of nitrogens with zero attached hydrogens (tertiary/aromatic N) is 2. The summed E-state index contributed by atoms with van der Waals surface area (Å²) < 4.78 is 25.4. The van der Waals surface area contributed by atoms with E-state index in [1.807, 2.05) is 31.2 Å². The molecule has 0 saturated heterocycles. The molecule has 0 saturated carbocycles. The number of halogens is 1. The minimum atomic E-state index is -3.68. The molecule has 0 heterocycles. The Morgan fingerprint density at radius 2 is 1.78 bits per heavy atom. The van der Waals surface area contributed by atoms with Gasteiger partial charge in [-0.25, -0.2) is 13.8 Å². The van der Waals surface area contributed by atoms with Gasteiger partial charge in [0.15, 0.2) is 0 Å². The van der Waals surface area contributed by atoms with Crippen LogP contribution in [0.25, 0.3) is 0 Å². The highest BCUT2D eigenvalue weighted by atomic mass is 35.5. The van der Waals surface area contributed by atoms with Crippen LogP contribution in [-0.2, 0) is 14.8 Å². The lowest BCUT2D eigenvalue weighted by Gasteiger charge is -2.23. The van der Waals surface area contributed by atoms with Crippen LogP contribution in [0.5, 0.6) is 0 Å². The molecule has 1 N–H and O–H groups in total. The molecule has 27 heavy (non-hydrogen) atoms. The summed E-state index contributed by atoms with van der Waals surface area (Å²) >= 11 is 5.99. The van der Waals surface area contributed by atoms with E-state index in [0.29, 0.717) is 22.0 Å². The Bertz CT molecular complexity index is 970. The molecule has 0 spiro atoms. The van der Waals surface area contributed by atoms with Gasteiger partial charge in [-0.1, -0.05) is 47.5 Å². The number of carbonyl (C=O) groups is 1. The van der Waals surface area contributed by atoms with E-state index >= 15 is 0 Å². The molecule has 1 amide bonds. The number of rotatable bonds is 6. The third-order valence-corrected chi connectivity index (χ3v) is 5.31. The zero-order chi connectivity index (χ0) is 20.2. The summed E-state index contributed by atoms with van der Waals surface area (Å²) in [5, 5.41) is 4.45.